The molecule has 0 aliphatic heterocycles. The number of hydrogen-bond donors (Lipinski definition) is 2. The molecule has 0 aliphatic carbocycles. The second-order valence-corrected chi connectivity index (χ2v) is 0.489. The normalized spacial score (nSPS) is 1.85. The fraction of sp³-hybridized carbons (Fsp3) is 0. The molecule has 0 aliphatic rings. The maximum atomic E-state index is 7.18. The third kappa shape index (κ3) is 272. The fourth-order valence-electron chi connectivity index (χ4n) is 0. The minimum absolute atomic E-state index is 0. The van der Waals surface area contributed by atoms with Crippen molar-refractivity contribution in [2.45, 2.75) is 0 Å². The number of nitrogens with one attached hydrogen (secondary N) is 1. The van der Waals surface area contributed by atoms with Crippen LogP contribution in [0.1, 0.15) is 0 Å². The van der Waals surface area contributed by atoms with E-state index >= 15 is 0 Å². The minimum atomic E-state index is 0. The van der Waals surface area contributed by atoms with Gasteiger partial charge in [-0.05, 0) is 10.4 Å². The van der Waals surface area contributed by atoms with Crippen LogP contribution in [-0.2, 0) is 0 Å². The van der Waals surface area contributed by atoms with E-state index in [0.717, 1.165) is 0 Å². The Kier molecular flexibility index (Phi) is 276. The van der Waals surface area contributed by atoms with Crippen LogP contribution in [0.15, 0.2) is 0 Å². The van der Waals surface area contributed by atoms with Crippen molar-refractivity contribution in [1.29, 1.82) is 10.8 Å². The summed E-state index contributed by atoms with van der Waals surface area (Å²) in [4.78, 5) is 3.25. The van der Waals surface area contributed by atoms with Gasteiger partial charge < -0.3 is 11.1 Å². The summed E-state index contributed by atoms with van der Waals surface area (Å²) in [6, 6.07) is 0. The summed E-state index contributed by atoms with van der Waals surface area (Å²) in [5.41, 5.74) is 25.8. The van der Waals surface area contributed by atoms with Crippen LogP contribution in [0.3, 0.4) is 0 Å². The third-order valence-electron chi connectivity index (χ3n) is 0. The van der Waals surface area contributed by atoms with Crippen molar-refractivity contribution in [3.05, 3.63) is 26.4 Å². The van der Waals surface area contributed by atoms with Crippen LogP contribution in [-0.4, -0.2) is 0 Å². The monoisotopic (exact) mass is 279 g/mol. The predicted octanol–water partition coefficient (Wildman–Crippen LogP) is -6.74. The van der Waals surface area contributed by atoms with Crippen molar-refractivity contribution in [2.75, 3.05) is 0 Å². The molecule has 7 nitrogen and oxygen atoms in total. The molecule has 12 heteroatoms. The molecule has 0 aromatic rings. The van der Waals surface area contributed by atoms with E-state index in [4.69, 9.17) is 27.4 Å². The van der Waals surface area contributed by atoms with Gasteiger partial charge in [0, 0.05) is 0 Å². The van der Waals surface area contributed by atoms with E-state index in [1.807, 2.05) is 0 Å². The molecule has 0 aromatic heterocycles. The van der Waals surface area contributed by atoms with Crippen LogP contribution in [0.2, 0.25) is 0 Å². The van der Waals surface area contributed by atoms with Gasteiger partial charge in [0.15, 0.2) is 0 Å². The standard InChI is InChI=1S/CHNS.2K.HN3.N3.Na.H2S/c2-1-3;;;2*1-3-2;;/h3H;;;1H;;;1H2/q;2*+1;;-1;+1;. The SMILES string of the molecule is N#CS.S.[K+].[K+].[N-]=[N+]=N.[N-]=[N+]=[N-].[Na+]. The van der Waals surface area contributed by atoms with Gasteiger partial charge in [-0.25, -0.2) is 0 Å². The quantitative estimate of drug-likeness (QED) is 0.111. The molecule has 0 aromatic carbocycles. The molecular formula is CH4K2N7NaS2+2. The number of thiocyanates is 1. The van der Waals surface area contributed by atoms with Gasteiger partial charge in [0.25, 0.3) is 0 Å². The van der Waals surface area contributed by atoms with Gasteiger partial charge in [0.05, 0.1) is 0 Å². The summed E-state index contributed by atoms with van der Waals surface area (Å²) in [5, 5.41) is 8.63. The number of hydrogen-bond acceptors (Lipinski definition) is 3. The number of rotatable bonds is 0. The summed E-state index contributed by atoms with van der Waals surface area (Å²) < 4.78 is 0. The van der Waals surface area contributed by atoms with E-state index in [2.05, 4.69) is 12.6 Å². The molecule has 0 saturated heterocycles. The van der Waals surface area contributed by atoms with Crippen LogP contribution in [0.4, 0.5) is 0 Å². The maximum Gasteiger partial charge on any atom is 1.00 e. The summed E-state index contributed by atoms with van der Waals surface area (Å²) in [6.07, 6.45) is 0. The van der Waals surface area contributed by atoms with Crippen molar-refractivity contribution >= 4 is 26.1 Å². The zero-order chi connectivity index (χ0) is 8.12. The van der Waals surface area contributed by atoms with E-state index in [1.165, 1.54) is 10.3 Å². The first-order valence-corrected chi connectivity index (χ1v) is 1.72. The van der Waals surface area contributed by atoms with Gasteiger partial charge in [0.2, 0.25) is 0 Å². The smallest absolute Gasteiger partial charge is 0.373 e. The molecule has 0 fully saturated rings. The van der Waals surface area contributed by atoms with Crippen LogP contribution in [0.25, 0.3) is 26.4 Å². The van der Waals surface area contributed by atoms with Crippen molar-refractivity contribution < 1.29 is 132 Å². The molecule has 0 rings (SSSR count). The van der Waals surface area contributed by atoms with Gasteiger partial charge in [-0.1, -0.05) is 12.6 Å². The Hall–Kier alpha value is 3.08. The van der Waals surface area contributed by atoms with Crippen molar-refractivity contribution in [1.82, 2.24) is 0 Å². The zero-order valence-electron chi connectivity index (χ0n) is 7.63. The number of nitrogens with zero attached hydrogens (tertiary/aromatic N) is 6. The molecule has 0 unspecified atom stereocenters. The third-order valence-corrected chi connectivity index (χ3v) is 0. The Morgan fingerprint density at radius 2 is 1.23 bits per heavy atom. The average Bonchev–Trinajstić information content (AvgIpc) is 1.70. The second kappa shape index (κ2) is 80.8. The fourth-order valence-corrected chi connectivity index (χ4v) is 0. The molecule has 1 N–H and O–H groups in total. The molecule has 0 heterocycles. The maximum absolute atomic E-state index is 7.18. The van der Waals surface area contributed by atoms with Crippen molar-refractivity contribution in [3.63, 3.8) is 0 Å². The molecule has 0 amide bonds. The Balaban J connectivity index is -0.00000000720. The van der Waals surface area contributed by atoms with E-state index in [1.54, 1.807) is 4.91 Å². The second-order valence-electron chi connectivity index (χ2n) is 0.289. The Bertz CT molecular complexity index is 133. The van der Waals surface area contributed by atoms with E-state index in [9.17, 15) is 0 Å². The van der Waals surface area contributed by atoms with E-state index in [0.29, 0.717) is 0 Å². The van der Waals surface area contributed by atoms with Crippen molar-refractivity contribution in [2.24, 2.45) is 0 Å². The molecular weight excluding hydrogens is 275 g/mol. The van der Waals surface area contributed by atoms with Crippen LogP contribution in [0.5, 0.6) is 0 Å². The molecule has 0 atom stereocenters. The first kappa shape index (κ1) is 44.3. The van der Waals surface area contributed by atoms with Gasteiger partial charge in [-0.2, -0.15) is 18.8 Å². The first-order chi connectivity index (χ1) is 4.24. The van der Waals surface area contributed by atoms with Gasteiger partial charge in [-0.15, -0.1) is 5.53 Å². The largest absolute Gasteiger partial charge is 1.00 e. The van der Waals surface area contributed by atoms with E-state index in [-0.39, 0.29) is 146 Å². The molecule has 0 radical (unpaired) electrons. The first-order valence-electron chi connectivity index (χ1n) is 1.27. The average molecular weight is 279 g/mol. The van der Waals surface area contributed by atoms with Crippen LogP contribution in [0, 0.1) is 16.2 Å². The topological polar surface area (TPSA) is 143 Å². The van der Waals surface area contributed by atoms with Crippen molar-refractivity contribution in [3.8, 4) is 5.40 Å². The molecule has 13 heavy (non-hydrogen) atoms. The zero-order valence-corrected chi connectivity index (χ0v) is 17.8. The summed E-state index contributed by atoms with van der Waals surface area (Å²) in [7, 11) is 0. The summed E-state index contributed by atoms with van der Waals surface area (Å²) in [6.45, 7) is 0. The number of nitriles is 1. The van der Waals surface area contributed by atoms with Crippen LogP contribution < -0.4 is 132 Å². The Morgan fingerprint density at radius 1 is 1.23 bits per heavy atom. The van der Waals surface area contributed by atoms with E-state index < -0.39 is 0 Å². The van der Waals surface area contributed by atoms with Gasteiger partial charge in [-0.3, -0.25) is 4.91 Å². The minimum Gasteiger partial charge on any atom is -0.373 e. The van der Waals surface area contributed by atoms with Gasteiger partial charge in [0.1, 0.15) is 5.40 Å². The van der Waals surface area contributed by atoms with Gasteiger partial charge >= 0.3 is 132 Å². The predicted molar refractivity (Wildman–Crippen MR) is 44.5 cm³/mol. The number of thiol groups is 1. The summed E-state index contributed by atoms with van der Waals surface area (Å²) >= 11 is 3.09. The summed E-state index contributed by atoms with van der Waals surface area (Å²) in [5.74, 6) is 0. The molecule has 0 saturated carbocycles. The molecule has 0 bridgehead atoms. The Morgan fingerprint density at radius 3 is 1.23 bits per heavy atom. The van der Waals surface area contributed by atoms with Crippen LogP contribution >= 0.6 is 26.1 Å². The molecule has 0 spiro atoms. The Labute approximate surface area is 196 Å². The molecule has 56 valence electrons.